The molecule has 0 aromatic heterocycles. The molecular weight excluding hydrogens is 216 g/mol. The molecule has 92 valence electrons. The molecule has 1 saturated heterocycles. The van der Waals surface area contributed by atoms with Gasteiger partial charge in [0, 0.05) is 12.1 Å². The van der Waals surface area contributed by atoms with Crippen LogP contribution in [0.4, 0.5) is 0 Å². The zero-order chi connectivity index (χ0) is 11.8. The van der Waals surface area contributed by atoms with Gasteiger partial charge in [-0.05, 0) is 49.6 Å². The Morgan fingerprint density at radius 3 is 2.82 bits per heavy atom. The van der Waals surface area contributed by atoms with E-state index in [0.717, 1.165) is 30.0 Å². The minimum Gasteiger partial charge on any atom is -0.454 e. The fraction of sp³-hybridized carbons (Fsp3) is 0.538. The first-order valence-corrected chi connectivity index (χ1v) is 6.15. The van der Waals surface area contributed by atoms with Crippen LogP contribution < -0.4 is 20.5 Å². The quantitative estimate of drug-likeness (QED) is 0.813. The summed E-state index contributed by atoms with van der Waals surface area (Å²) in [6, 6.07) is 4.47. The van der Waals surface area contributed by atoms with E-state index in [9.17, 15) is 0 Å². The Morgan fingerprint density at radius 2 is 2.12 bits per heavy atom. The maximum atomic E-state index is 6.34. The van der Waals surface area contributed by atoms with Gasteiger partial charge in [-0.15, -0.1) is 0 Å². The topological polar surface area (TPSA) is 56.5 Å². The zero-order valence-electron chi connectivity index (χ0n) is 10.0. The molecule has 1 aromatic rings. The van der Waals surface area contributed by atoms with Crippen LogP contribution in [-0.4, -0.2) is 19.4 Å². The number of hydrogen-bond donors (Lipinski definition) is 2. The van der Waals surface area contributed by atoms with Crippen LogP contribution in [0.2, 0.25) is 0 Å². The van der Waals surface area contributed by atoms with Crippen LogP contribution in [0.15, 0.2) is 12.1 Å². The Hall–Kier alpha value is -1.26. The molecule has 17 heavy (non-hydrogen) atoms. The Kier molecular flexibility index (Phi) is 2.68. The van der Waals surface area contributed by atoms with Gasteiger partial charge in [0.15, 0.2) is 11.5 Å². The highest BCUT2D eigenvalue weighted by Crippen LogP contribution is 2.37. The van der Waals surface area contributed by atoms with Gasteiger partial charge in [0.05, 0.1) is 0 Å². The van der Waals surface area contributed by atoms with E-state index in [0.29, 0.717) is 12.8 Å². The van der Waals surface area contributed by atoms with Crippen molar-refractivity contribution in [3.8, 4) is 11.5 Å². The first-order valence-electron chi connectivity index (χ1n) is 6.15. The summed E-state index contributed by atoms with van der Waals surface area (Å²) in [6.45, 7) is 3.46. The van der Waals surface area contributed by atoms with Gasteiger partial charge in [0.1, 0.15) is 0 Å². The SMILES string of the molecule is Cc1cc2c(cc1C(N)C1CCCN1)OCO2. The highest BCUT2D eigenvalue weighted by atomic mass is 16.7. The van der Waals surface area contributed by atoms with Gasteiger partial charge < -0.3 is 20.5 Å². The molecule has 2 unspecified atom stereocenters. The number of nitrogens with two attached hydrogens (primary N) is 1. The summed E-state index contributed by atoms with van der Waals surface area (Å²) < 4.78 is 10.8. The summed E-state index contributed by atoms with van der Waals surface area (Å²) >= 11 is 0. The monoisotopic (exact) mass is 234 g/mol. The molecule has 0 amide bonds. The van der Waals surface area contributed by atoms with Gasteiger partial charge in [0.2, 0.25) is 6.79 Å². The van der Waals surface area contributed by atoms with Crippen molar-refractivity contribution in [2.75, 3.05) is 13.3 Å². The Bertz CT molecular complexity index is 428. The number of aryl methyl sites for hydroxylation is 1. The van der Waals surface area contributed by atoms with E-state index in [2.05, 4.69) is 12.2 Å². The fourth-order valence-electron chi connectivity index (χ4n) is 2.65. The minimum atomic E-state index is 0.0343. The van der Waals surface area contributed by atoms with Crippen molar-refractivity contribution in [1.29, 1.82) is 0 Å². The van der Waals surface area contributed by atoms with Crippen LogP contribution in [0, 0.1) is 6.92 Å². The van der Waals surface area contributed by atoms with Crippen molar-refractivity contribution in [3.05, 3.63) is 23.3 Å². The predicted molar refractivity (Wildman–Crippen MR) is 65.3 cm³/mol. The summed E-state index contributed by atoms with van der Waals surface area (Å²) in [7, 11) is 0. The number of ether oxygens (including phenoxy) is 2. The van der Waals surface area contributed by atoms with Crippen molar-refractivity contribution >= 4 is 0 Å². The molecule has 0 saturated carbocycles. The van der Waals surface area contributed by atoms with Crippen LogP contribution in [0.5, 0.6) is 11.5 Å². The van der Waals surface area contributed by atoms with Crippen molar-refractivity contribution in [1.82, 2.24) is 5.32 Å². The minimum absolute atomic E-state index is 0.0343. The average molecular weight is 234 g/mol. The first kappa shape index (κ1) is 10.9. The molecule has 1 aromatic carbocycles. The van der Waals surface area contributed by atoms with Crippen LogP contribution in [0.25, 0.3) is 0 Å². The number of fused-ring (bicyclic) bond motifs is 1. The summed E-state index contributed by atoms with van der Waals surface area (Å²) in [5.41, 5.74) is 8.67. The molecule has 0 aliphatic carbocycles. The zero-order valence-corrected chi connectivity index (χ0v) is 10.0. The third-order valence-corrected chi connectivity index (χ3v) is 3.65. The largest absolute Gasteiger partial charge is 0.454 e. The molecule has 2 aliphatic heterocycles. The molecule has 0 radical (unpaired) electrons. The Morgan fingerprint density at radius 1 is 1.35 bits per heavy atom. The number of hydrogen-bond acceptors (Lipinski definition) is 4. The second kappa shape index (κ2) is 4.20. The van der Waals surface area contributed by atoms with E-state index in [1.807, 2.05) is 12.1 Å². The first-order chi connectivity index (χ1) is 8.25. The summed E-state index contributed by atoms with van der Waals surface area (Å²) in [4.78, 5) is 0. The smallest absolute Gasteiger partial charge is 0.231 e. The summed E-state index contributed by atoms with van der Waals surface area (Å²) in [5.74, 6) is 1.65. The highest BCUT2D eigenvalue weighted by molar-refractivity contribution is 5.49. The van der Waals surface area contributed by atoms with Crippen LogP contribution >= 0.6 is 0 Å². The van der Waals surface area contributed by atoms with Gasteiger partial charge in [0.25, 0.3) is 0 Å². The predicted octanol–water partition coefficient (Wildman–Crippen LogP) is 1.48. The van der Waals surface area contributed by atoms with Crippen LogP contribution in [0.3, 0.4) is 0 Å². The lowest BCUT2D eigenvalue weighted by molar-refractivity contribution is 0.174. The normalized spacial score (nSPS) is 24.0. The molecule has 1 fully saturated rings. The van der Waals surface area contributed by atoms with E-state index < -0.39 is 0 Å². The molecule has 3 rings (SSSR count). The van der Waals surface area contributed by atoms with E-state index in [1.54, 1.807) is 0 Å². The lowest BCUT2D eigenvalue weighted by Gasteiger charge is -2.21. The van der Waals surface area contributed by atoms with Gasteiger partial charge in [-0.1, -0.05) is 0 Å². The lowest BCUT2D eigenvalue weighted by atomic mass is 9.94. The van der Waals surface area contributed by atoms with Gasteiger partial charge in [-0.2, -0.15) is 0 Å². The maximum Gasteiger partial charge on any atom is 0.231 e. The molecule has 2 aliphatic rings. The Balaban J connectivity index is 1.91. The molecule has 2 heterocycles. The van der Waals surface area contributed by atoms with Crippen molar-refractivity contribution < 1.29 is 9.47 Å². The van der Waals surface area contributed by atoms with Crippen LogP contribution in [0.1, 0.15) is 30.0 Å². The van der Waals surface area contributed by atoms with Gasteiger partial charge in [-0.25, -0.2) is 0 Å². The average Bonchev–Trinajstić information content (AvgIpc) is 2.97. The molecule has 2 atom stereocenters. The number of nitrogens with one attached hydrogen (secondary N) is 1. The molecule has 4 nitrogen and oxygen atoms in total. The van der Waals surface area contributed by atoms with Crippen LogP contribution in [-0.2, 0) is 0 Å². The number of benzene rings is 1. The van der Waals surface area contributed by atoms with Gasteiger partial charge in [-0.3, -0.25) is 0 Å². The van der Waals surface area contributed by atoms with Crippen molar-refractivity contribution in [2.45, 2.75) is 31.8 Å². The van der Waals surface area contributed by atoms with E-state index >= 15 is 0 Å². The molecule has 0 bridgehead atoms. The molecule has 0 spiro atoms. The summed E-state index contributed by atoms with van der Waals surface area (Å²) in [5, 5.41) is 3.45. The second-order valence-electron chi connectivity index (χ2n) is 4.79. The van der Waals surface area contributed by atoms with E-state index in [1.165, 1.54) is 12.0 Å². The third-order valence-electron chi connectivity index (χ3n) is 3.65. The highest BCUT2D eigenvalue weighted by Gasteiger charge is 2.26. The van der Waals surface area contributed by atoms with Crippen molar-refractivity contribution in [3.63, 3.8) is 0 Å². The van der Waals surface area contributed by atoms with Crippen molar-refractivity contribution in [2.24, 2.45) is 5.73 Å². The van der Waals surface area contributed by atoms with E-state index in [4.69, 9.17) is 15.2 Å². The summed E-state index contributed by atoms with van der Waals surface area (Å²) in [6.07, 6.45) is 2.36. The molecular formula is C13H18N2O2. The van der Waals surface area contributed by atoms with E-state index in [-0.39, 0.29) is 6.04 Å². The number of rotatable bonds is 2. The van der Waals surface area contributed by atoms with Gasteiger partial charge >= 0.3 is 0 Å². The maximum absolute atomic E-state index is 6.34. The second-order valence-corrected chi connectivity index (χ2v) is 4.79. The molecule has 3 N–H and O–H groups in total. The third kappa shape index (κ3) is 1.87. The molecule has 4 heteroatoms. The Labute approximate surface area is 101 Å². The fourth-order valence-corrected chi connectivity index (χ4v) is 2.65. The standard InChI is InChI=1S/C13H18N2O2/c1-8-5-11-12(17-7-16-11)6-9(8)13(14)10-3-2-4-15-10/h5-6,10,13,15H,2-4,7,14H2,1H3. The lowest BCUT2D eigenvalue weighted by Crippen LogP contribution is -2.34.